The molecule has 1 heterocycles. The molecule has 2 amide bonds. The molecule has 182 valence electrons. The predicted octanol–water partition coefficient (Wildman–Crippen LogP) is 3.08. The SMILES string of the molecule is CCCNC(=O)C1CCCN(C(=O)c2ccc(NS(=O)(=O)c3ccc(C)c([N+](=O)[O-])c3)cc2)C1. The molecule has 2 aromatic rings. The maximum atomic E-state index is 12.9. The van der Waals surface area contributed by atoms with Gasteiger partial charge in [-0.05, 0) is 56.5 Å². The van der Waals surface area contributed by atoms with Gasteiger partial charge in [0.05, 0.1) is 15.7 Å². The van der Waals surface area contributed by atoms with Gasteiger partial charge in [0.1, 0.15) is 0 Å². The second-order valence-corrected chi connectivity index (χ2v) is 9.95. The number of carbonyl (C=O) groups excluding carboxylic acids is 2. The van der Waals surface area contributed by atoms with Gasteiger partial charge in [-0.2, -0.15) is 0 Å². The minimum atomic E-state index is -4.06. The summed E-state index contributed by atoms with van der Waals surface area (Å²) in [6, 6.07) is 9.64. The molecular weight excluding hydrogens is 460 g/mol. The molecule has 0 bridgehead atoms. The van der Waals surface area contributed by atoms with Gasteiger partial charge in [0.15, 0.2) is 0 Å². The largest absolute Gasteiger partial charge is 0.356 e. The molecule has 2 N–H and O–H groups in total. The van der Waals surface area contributed by atoms with Crippen LogP contribution in [-0.2, 0) is 14.8 Å². The van der Waals surface area contributed by atoms with Crippen molar-refractivity contribution in [2.45, 2.75) is 38.0 Å². The molecule has 1 saturated heterocycles. The Bertz CT molecular complexity index is 1180. The van der Waals surface area contributed by atoms with Crippen molar-refractivity contribution in [3.8, 4) is 0 Å². The molecule has 3 rings (SSSR count). The zero-order chi connectivity index (χ0) is 24.9. The van der Waals surface area contributed by atoms with E-state index in [1.165, 1.54) is 43.3 Å². The first-order valence-corrected chi connectivity index (χ1v) is 12.6. The highest BCUT2D eigenvalue weighted by Crippen LogP contribution is 2.25. The Kier molecular flexibility index (Phi) is 7.87. The molecule has 0 aromatic heterocycles. The number of nitro benzene ring substituents is 1. The molecule has 1 fully saturated rings. The first kappa shape index (κ1) is 25.2. The number of aryl methyl sites for hydroxylation is 1. The zero-order valence-electron chi connectivity index (χ0n) is 19.1. The standard InChI is InChI=1S/C23H28N4O6S/c1-3-12-24-22(28)18-5-4-13-26(15-18)23(29)17-7-9-19(10-8-17)25-34(32,33)20-11-6-16(2)21(14-20)27(30)31/h6-11,14,18,25H,3-5,12-13,15H2,1-2H3,(H,24,28). The van der Waals surface area contributed by atoms with Crippen LogP contribution in [0, 0.1) is 23.0 Å². The molecule has 0 saturated carbocycles. The number of hydrogen-bond acceptors (Lipinski definition) is 6. The number of amides is 2. The molecule has 1 unspecified atom stereocenters. The average molecular weight is 489 g/mol. The second kappa shape index (κ2) is 10.6. The summed E-state index contributed by atoms with van der Waals surface area (Å²) in [6.45, 7) is 5.01. The third kappa shape index (κ3) is 5.90. The highest BCUT2D eigenvalue weighted by atomic mass is 32.2. The lowest BCUT2D eigenvalue weighted by Crippen LogP contribution is -2.45. The number of piperidine rings is 1. The molecule has 0 spiro atoms. The van der Waals surface area contributed by atoms with Gasteiger partial charge >= 0.3 is 0 Å². The Morgan fingerprint density at radius 2 is 1.88 bits per heavy atom. The van der Waals surface area contributed by atoms with E-state index in [9.17, 15) is 28.1 Å². The monoisotopic (exact) mass is 488 g/mol. The molecule has 1 aliphatic rings. The summed E-state index contributed by atoms with van der Waals surface area (Å²) >= 11 is 0. The van der Waals surface area contributed by atoms with E-state index in [2.05, 4.69) is 10.0 Å². The number of sulfonamides is 1. The maximum Gasteiger partial charge on any atom is 0.273 e. The summed E-state index contributed by atoms with van der Waals surface area (Å²) in [6.07, 6.45) is 2.31. The summed E-state index contributed by atoms with van der Waals surface area (Å²) in [7, 11) is -4.06. The van der Waals surface area contributed by atoms with E-state index in [1.807, 2.05) is 6.92 Å². The van der Waals surface area contributed by atoms with Gasteiger partial charge in [-0.15, -0.1) is 0 Å². The predicted molar refractivity (Wildman–Crippen MR) is 127 cm³/mol. The number of hydrogen-bond donors (Lipinski definition) is 2. The number of anilines is 1. The number of carbonyl (C=O) groups is 2. The summed E-state index contributed by atoms with van der Waals surface area (Å²) in [4.78, 5) is 37.1. The van der Waals surface area contributed by atoms with Crippen molar-refractivity contribution in [1.29, 1.82) is 0 Å². The Hall–Kier alpha value is -3.47. The Morgan fingerprint density at radius 3 is 2.53 bits per heavy atom. The van der Waals surface area contributed by atoms with Crippen LogP contribution >= 0.6 is 0 Å². The number of likely N-dealkylation sites (tertiary alicyclic amines) is 1. The van der Waals surface area contributed by atoms with Gasteiger partial charge in [-0.25, -0.2) is 8.42 Å². The lowest BCUT2D eigenvalue weighted by atomic mass is 9.96. The van der Waals surface area contributed by atoms with Crippen molar-refractivity contribution in [2.24, 2.45) is 5.92 Å². The lowest BCUT2D eigenvalue weighted by Gasteiger charge is -2.32. The van der Waals surface area contributed by atoms with E-state index in [0.29, 0.717) is 30.8 Å². The van der Waals surface area contributed by atoms with E-state index in [0.717, 1.165) is 25.3 Å². The van der Waals surface area contributed by atoms with Crippen molar-refractivity contribution < 1.29 is 22.9 Å². The fourth-order valence-electron chi connectivity index (χ4n) is 3.80. The Balaban J connectivity index is 1.69. The second-order valence-electron chi connectivity index (χ2n) is 8.27. The van der Waals surface area contributed by atoms with Crippen molar-refractivity contribution in [1.82, 2.24) is 10.2 Å². The third-order valence-corrected chi connectivity index (χ3v) is 7.08. The smallest absolute Gasteiger partial charge is 0.273 e. The summed E-state index contributed by atoms with van der Waals surface area (Å²) < 4.78 is 27.7. The van der Waals surface area contributed by atoms with Crippen LogP contribution in [0.2, 0.25) is 0 Å². The average Bonchev–Trinajstić information content (AvgIpc) is 2.82. The van der Waals surface area contributed by atoms with E-state index in [4.69, 9.17) is 0 Å². The van der Waals surface area contributed by atoms with Gasteiger partial charge in [0.2, 0.25) is 5.91 Å². The number of nitrogens with one attached hydrogen (secondary N) is 2. The highest BCUT2D eigenvalue weighted by Gasteiger charge is 2.29. The first-order chi connectivity index (χ1) is 16.1. The first-order valence-electron chi connectivity index (χ1n) is 11.1. The Morgan fingerprint density at radius 1 is 1.18 bits per heavy atom. The molecule has 0 radical (unpaired) electrons. The Labute approximate surface area is 198 Å². The number of nitrogens with zero attached hydrogens (tertiary/aromatic N) is 2. The molecule has 1 aliphatic heterocycles. The minimum Gasteiger partial charge on any atom is -0.356 e. The maximum absolute atomic E-state index is 12.9. The van der Waals surface area contributed by atoms with Crippen molar-refractivity contribution in [2.75, 3.05) is 24.4 Å². The van der Waals surface area contributed by atoms with Crippen LogP contribution in [0.5, 0.6) is 0 Å². The van der Waals surface area contributed by atoms with Crippen molar-refractivity contribution in [3.63, 3.8) is 0 Å². The zero-order valence-corrected chi connectivity index (χ0v) is 19.9. The van der Waals surface area contributed by atoms with Crippen LogP contribution in [-0.4, -0.2) is 49.7 Å². The van der Waals surface area contributed by atoms with E-state index in [1.54, 1.807) is 4.90 Å². The van der Waals surface area contributed by atoms with E-state index < -0.39 is 14.9 Å². The third-order valence-electron chi connectivity index (χ3n) is 5.70. The van der Waals surface area contributed by atoms with Crippen molar-refractivity contribution >= 4 is 33.2 Å². The van der Waals surface area contributed by atoms with Gasteiger partial charge in [0.25, 0.3) is 21.6 Å². The normalized spacial score (nSPS) is 16.1. The summed E-state index contributed by atoms with van der Waals surface area (Å²) in [5, 5.41) is 14.0. The van der Waals surface area contributed by atoms with Crippen LogP contribution in [0.15, 0.2) is 47.4 Å². The van der Waals surface area contributed by atoms with Gasteiger partial charge in [-0.3, -0.25) is 24.4 Å². The molecule has 1 atom stereocenters. The molecule has 34 heavy (non-hydrogen) atoms. The molecule has 0 aliphatic carbocycles. The van der Waals surface area contributed by atoms with Crippen molar-refractivity contribution in [3.05, 3.63) is 63.7 Å². The number of rotatable bonds is 8. The van der Waals surface area contributed by atoms with Gasteiger partial charge in [-0.1, -0.05) is 13.0 Å². The fraction of sp³-hybridized carbons (Fsp3) is 0.391. The summed E-state index contributed by atoms with van der Waals surface area (Å²) in [5.74, 6) is -0.508. The van der Waals surface area contributed by atoms with Crippen LogP contribution in [0.4, 0.5) is 11.4 Å². The fourth-order valence-corrected chi connectivity index (χ4v) is 4.88. The minimum absolute atomic E-state index is 0.0413. The number of nitro groups is 1. The van der Waals surface area contributed by atoms with Gasteiger partial charge in [0, 0.05) is 42.5 Å². The molecule has 11 heteroatoms. The van der Waals surface area contributed by atoms with Crippen LogP contribution in [0.25, 0.3) is 0 Å². The van der Waals surface area contributed by atoms with Crippen LogP contribution in [0.3, 0.4) is 0 Å². The highest BCUT2D eigenvalue weighted by molar-refractivity contribution is 7.92. The van der Waals surface area contributed by atoms with Gasteiger partial charge < -0.3 is 10.2 Å². The quantitative estimate of drug-likeness (QED) is 0.432. The van der Waals surface area contributed by atoms with Crippen LogP contribution in [0.1, 0.15) is 42.1 Å². The van der Waals surface area contributed by atoms with E-state index in [-0.39, 0.29) is 34.0 Å². The van der Waals surface area contributed by atoms with Crippen LogP contribution < -0.4 is 10.0 Å². The molecule has 2 aromatic carbocycles. The lowest BCUT2D eigenvalue weighted by molar-refractivity contribution is -0.385. The van der Waals surface area contributed by atoms with E-state index >= 15 is 0 Å². The topological polar surface area (TPSA) is 139 Å². The molecular formula is C23H28N4O6S. The molecule has 10 nitrogen and oxygen atoms in total. The summed E-state index contributed by atoms with van der Waals surface area (Å²) in [5.41, 5.74) is 0.667. The number of benzene rings is 2.